The lowest BCUT2D eigenvalue weighted by molar-refractivity contribution is 0.0593. The Kier molecular flexibility index (Phi) is 7.81. The summed E-state index contributed by atoms with van der Waals surface area (Å²) < 4.78 is 6.23. The number of likely N-dealkylation sites (tertiary alicyclic amines) is 1. The first-order valence-electron chi connectivity index (χ1n) is 10.4. The Morgan fingerprint density at radius 1 is 1.07 bits per heavy atom. The number of amides is 1. The van der Waals surface area contributed by atoms with E-state index in [0.29, 0.717) is 17.9 Å². The average molecular weight is 399 g/mol. The third kappa shape index (κ3) is 5.90. The van der Waals surface area contributed by atoms with Gasteiger partial charge in [-0.15, -0.1) is 0 Å². The first-order valence-corrected chi connectivity index (χ1v) is 10.4. The van der Waals surface area contributed by atoms with Crippen molar-refractivity contribution in [2.45, 2.75) is 38.5 Å². The maximum absolute atomic E-state index is 12.7. The van der Waals surface area contributed by atoms with E-state index in [0.717, 1.165) is 25.8 Å². The number of piperidine rings is 1. The molecule has 0 atom stereocenters. The number of benzene rings is 1. The molecular formula is C22H30N4O3. The van der Waals surface area contributed by atoms with E-state index in [1.165, 1.54) is 50.2 Å². The fourth-order valence-corrected chi connectivity index (χ4v) is 3.63. The Balaban J connectivity index is 1.52. The normalized spacial score (nSPS) is 14.5. The molecule has 7 heteroatoms. The van der Waals surface area contributed by atoms with Crippen LogP contribution in [0.15, 0.2) is 36.4 Å². The van der Waals surface area contributed by atoms with Gasteiger partial charge in [-0.2, -0.15) is 5.10 Å². The molecule has 3 rings (SSSR count). The highest BCUT2D eigenvalue weighted by Gasteiger charge is 2.20. The average Bonchev–Trinajstić information content (AvgIpc) is 3.22. The Bertz CT molecular complexity index is 798. The van der Waals surface area contributed by atoms with Gasteiger partial charge in [0.15, 0.2) is 5.69 Å². The Labute approximate surface area is 172 Å². The molecule has 1 amide bonds. The highest BCUT2D eigenvalue weighted by atomic mass is 16.5. The number of nitrogens with one attached hydrogen (secondary N) is 1. The van der Waals surface area contributed by atoms with Crippen molar-refractivity contribution in [2.75, 3.05) is 33.3 Å². The molecule has 1 N–H and O–H groups in total. The number of carbonyl (C=O) groups is 2. The molecule has 0 bridgehead atoms. The summed E-state index contributed by atoms with van der Waals surface area (Å²) in [7, 11) is 1.30. The number of nitrogens with zero attached hydrogens (tertiary/aromatic N) is 3. The zero-order chi connectivity index (χ0) is 20.5. The van der Waals surface area contributed by atoms with E-state index in [1.54, 1.807) is 0 Å². The molecule has 0 radical (unpaired) electrons. The summed E-state index contributed by atoms with van der Waals surface area (Å²) in [6.45, 7) is 4.20. The van der Waals surface area contributed by atoms with E-state index in [1.807, 2.05) is 30.3 Å². The molecule has 29 heavy (non-hydrogen) atoms. The molecular weight excluding hydrogens is 368 g/mol. The van der Waals surface area contributed by atoms with E-state index in [-0.39, 0.29) is 11.6 Å². The number of para-hydroxylation sites is 1. The Morgan fingerprint density at radius 2 is 1.83 bits per heavy atom. The van der Waals surface area contributed by atoms with Crippen molar-refractivity contribution in [3.63, 3.8) is 0 Å². The maximum atomic E-state index is 12.7. The van der Waals surface area contributed by atoms with Gasteiger partial charge in [0.25, 0.3) is 5.91 Å². The fraction of sp³-hybridized carbons (Fsp3) is 0.500. The van der Waals surface area contributed by atoms with Crippen molar-refractivity contribution in [1.29, 1.82) is 0 Å². The lowest BCUT2D eigenvalue weighted by atomic mass is 10.1. The number of hydrogen-bond donors (Lipinski definition) is 1. The molecule has 0 spiro atoms. The quantitative estimate of drug-likeness (QED) is 0.519. The van der Waals surface area contributed by atoms with Crippen LogP contribution in [0.1, 0.15) is 59.5 Å². The molecule has 0 aliphatic carbocycles. The highest BCUT2D eigenvalue weighted by Crippen LogP contribution is 2.14. The number of aromatic nitrogens is 2. The van der Waals surface area contributed by atoms with Crippen molar-refractivity contribution < 1.29 is 14.3 Å². The van der Waals surface area contributed by atoms with Crippen LogP contribution in [0.2, 0.25) is 0 Å². The number of carbonyl (C=O) groups excluding carboxylic acids is 2. The molecule has 7 nitrogen and oxygen atoms in total. The zero-order valence-electron chi connectivity index (χ0n) is 17.1. The standard InChI is InChI=1S/C22H30N4O3/c1-29-22(28)19-17-20(26(24-19)18-11-5-2-6-12-18)21(27)23-13-7-3-8-14-25-15-9-4-10-16-25/h2,5-6,11-12,17H,3-4,7-10,13-16H2,1H3,(H,23,27). The molecule has 1 aromatic heterocycles. The second-order valence-electron chi connectivity index (χ2n) is 7.37. The molecule has 2 heterocycles. The third-order valence-electron chi connectivity index (χ3n) is 5.22. The van der Waals surface area contributed by atoms with Gasteiger partial charge in [-0.25, -0.2) is 9.48 Å². The van der Waals surface area contributed by atoms with Crippen LogP contribution < -0.4 is 5.32 Å². The summed E-state index contributed by atoms with van der Waals surface area (Å²) in [5.41, 5.74) is 1.15. The molecule has 1 aliphatic rings. The molecule has 1 aromatic carbocycles. The number of hydrogen-bond acceptors (Lipinski definition) is 5. The molecule has 1 saturated heterocycles. The second kappa shape index (κ2) is 10.8. The summed E-state index contributed by atoms with van der Waals surface area (Å²) in [5.74, 6) is -0.806. The van der Waals surface area contributed by atoms with Gasteiger partial charge < -0.3 is 15.0 Å². The molecule has 1 aliphatic heterocycles. The highest BCUT2D eigenvalue weighted by molar-refractivity contribution is 5.96. The monoisotopic (exact) mass is 398 g/mol. The minimum Gasteiger partial charge on any atom is -0.464 e. The Morgan fingerprint density at radius 3 is 2.55 bits per heavy atom. The lowest BCUT2D eigenvalue weighted by Crippen LogP contribution is -2.30. The smallest absolute Gasteiger partial charge is 0.358 e. The Hall–Kier alpha value is -2.67. The van der Waals surface area contributed by atoms with Crippen molar-refractivity contribution in [3.05, 3.63) is 47.8 Å². The van der Waals surface area contributed by atoms with Gasteiger partial charge in [0, 0.05) is 12.6 Å². The van der Waals surface area contributed by atoms with Gasteiger partial charge in [-0.3, -0.25) is 4.79 Å². The van der Waals surface area contributed by atoms with Crippen LogP contribution in [-0.4, -0.2) is 59.8 Å². The number of ether oxygens (including phenoxy) is 1. The van der Waals surface area contributed by atoms with E-state index < -0.39 is 5.97 Å². The van der Waals surface area contributed by atoms with Gasteiger partial charge in [-0.1, -0.05) is 31.0 Å². The first-order chi connectivity index (χ1) is 14.2. The summed E-state index contributed by atoms with van der Waals surface area (Å²) in [6, 6.07) is 10.8. The minimum absolute atomic E-state index is 0.114. The zero-order valence-corrected chi connectivity index (χ0v) is 17.1. The van der Waals surface area contributed by atoms with Crippen molar-refractivity contribution in [2.24, 2.45) is 0 Å². The van der Waals surface area contributed by atoms with Crippen LogP contribution in [0, 0.1) is 0 Å². The third-order valence-corrected chi connectivity index (χ3v) is 5.22. The topological polar surface area (TPSA) is 76.5 Å². The predicted molar refractivity (Wildman–Crippen MR) is 111 cm³/mol. The van der Waals surface area contributed by atoms with Gasteiger partial charge >= 0.3 is 5.97 Å². The van der Waals surface area contributed by atoms with Crippen molar-refractivity contribution >= 4 is 11.9 Å². The lowest BCUT2D eigenvalue weighted by Gasteiger charge is -2.26. The number of esters is 1. The molecule has 156 valence electrons. The number of methoxy groups -OCH3 is 1. The SMILES string of the molecule is COC(=O)c1cc(C(=O)NCCCCCN2CCCCC2)n(-c2ccccc2)n1. The van der Waals surface area contributed by atoms with Crippen molar-refractivity contribution in [3.8, 4) is 5.69 Å². The van der Waals surface area contributed by atoms with Crippen LogP contribution in [0.3, 0.4) is 0 Å². The predicted octanol–water partition coefficient (Wildman–Crippen LogP) is 3.04. The molecule has 0 saturated carbocycles. The van der Waals surface area contributed by atoms with Crippen molar-refractivity contribution in [1.82, 2.24) is 20.0 Å². The minimum atomic E-state index is -0.563. The van der Waals surface area contributed by atoms with Gasteiger partial charge in [-0.05, 0) is 57.5 Å². The summed E-state index contributed by atoms with van der Waals surface area (Å²) in [5, 5.41) is 7.21. The van der Waals surface area contributed by atoms with Crippen LogP contribution in [0.4, 0.5) is 0 Å². The van der Waals surface area contributed by atoms with Gasteiger partial charge in [0.2, 0.25) is 0 Å². The van der Waals surface area contributed by atoms with E-state index in [9.17, 15) is 9.59 Å². The largest absolute Gasteiger partial charge is 0.464 e. The van der Waals surface area contributed by atoms with Crippen LogP contribution in [-0.2, 0) is 4.74 Å². The van der Waals surface area contributed by atoms with Crippen LogP contribution in [0.5, 0.6) is 0 Å². The molecule has 2 aromatic rings. The van der Waals surface area contributed by atoms with E-state index in [2.05, 4.69) is 15.3 Å². The van der Waals surface area contributed by atoms with E-state index in [4.69, 9.17) is 4.74 Å². The first kappa shape index (κ1) is 21.0. The summed E-state index contributed by atoms with van der Waals surface area (Å²) in [4.78, 5) is 27.1. The van der Waals surface area contributed by atoms with Gasteiger partial charge in [0.1, 0.15) is 5.69 Å². The van der Waals surface area contributed by atoms with Gasteiger partial charge in [0.05, 0.1) is 12.8 Å². The summed E-state index contributed by atoms with van der Waals surface area (Å²) >= 11 is 0. The molecule has 1 fully saturated rings. The summed E-state index contributed by atoms with van der Waals surface area (Å²) in [6.07, 6.45) is 7.17. The second-order valence-corrected chi connectivity index (χ2v) is 7.37. The number of rotatable bonds is 9. The molecule has 0 unspecified atom stereocenters. The van der Waals surface area contributed by atoms with Crippen LogP contribution >= 0.6 is 0 Å². The number of unbranched alkanes of at least 4 members (excludes halogenated alkanes) is 2. The van der Waals surface area contributed by atoms with Crippen LogP contribution in [0.25, 0.3) is 5.69 Å². The van der Waals surface area contributed by atoms with E-state index >= 15 is 0 Å². The maximum Gasteiger partial charge on any atom is 0.358 e. The fourth-order valence-electron chi connectivity index (χ4n) is 3.63.